The molecule has 0 aliphatic rings. The molecule has 0 aliphatic carbocycles. The molecule has 1 amide bonds. The Hall–Kier alpha value is -7.94. The van der Waals surface area contributed by atoms with E-state index in [4.69, 9.17) is 76.2 Å². The van der Waals surface area contributed by atoms with Gasteiger partial charge < -0.3 is 67.7 Å². The summed E-state index contributed by atoms with van der Waals surface area (Å²) in [4.78, 5) is 106. The van der Waals surface area contributed by atoms with Crippen molar-refractivity contribution in [3.05, 3.63) is 246 Å². The number of hydrogen-bond acceptors (Lipinski definition) is 30. The average Bonchev–Trinajstić information content (AvgIpc) is 1.65. The fraction of sp³-hybridized carbons (Fsp3) is 0.295. The predicted molar refractivity (Wildman–Crippen MR) is 560 cm³/mol. The molecule has 45 heteroatoms. The summed E-state index contributed by atoms with van der Waals surface area (Å²) in [5.74, 6) is 5.84. The van der Waals surface area contributed by atoms with Crippen molar-refractivity contribution in [1.29, 1.82) is 0 Å². The molecule has 0 aromatic carbocycles. The summed E-state index contributed by atoms with van der Waals surface area (Å²) < 4.78 is 51.4. The van der Waals surface area contributed by atoms with E-state index < -0.39 is 20.4 Å². The molecule has 0 fully saturated rings. The van der Waals surface area contributed by atoms with Gasteiger partial charge in [-0.25, -0.2) is 19.9 Å². The monoisotopic (exact) mass is 2550 g/mol. The van der Waals surface area contributed by atoms with Crippen molar-refractivity contribution in [2.45, 2.75) is 142 Å². The maximum atomic E-state index is 11.9. The number of aromatic nitrogens is 9. The number of ether oxygens (including phenoxy) is 3. The Morgan fingerprint density at radius 3 is 1.38 bits per heavy atom. The third kappa shape index (κ3) is 58.3. The predicted octanol–water partition coefficient (Wildman–Crippen LogP) is 19.7. The number of halogens is 9. The first kappa shape index (κ1) is 134. The number of carbonyl (C=O) groups is 2. The van der Waals surface area contributed by atoms with E-state index in [1.807, 2.05) is 179 Å². The quantitative estimate of drug-likeness (QED) is 0.0144. The topological polar surface area (TPSA) is 478 Å². The van der Waals surface area contributed by atoms with Crippen LogP contribution in [0.4, 0.5) is 0 Å². The van der Waals surface area contributed by atoms with Crippen LogP contribution >= 0.6 is 168 Å². The number of alkyl halides is 1. The summed E-state index contributed by atoms with van der Waals surface area (Å²) >= 11 is 27.6. The molecule has 13 aromatic rings. The Labute approximate surface area is 878 Å². The third-order valence-corrected chi connectivity index (χ3v) is 20.6. The fourth-order valence-electron chi connectivity index (χ4n) is 8.76. The van der Waals surface area contributed by atoms with Crippen LogP contribution in [0.5, 0.6) is 28.7 Å². The van der Waals surface area contributed by atoms with Crippen LogP contribution in [0, 0.1) is 68.5 Å². The first-order chi connectivity index (χ1) is 61.2. The van der Waals surface area contributed by atoms with E-state index in [2.05, 4.69) is 242 Å². The van der Waals surface area contributed by atoms with Gasteiger partial charge in [0, 0.05) is 97.8 Å². The second kappa shape index (κ2) is 72.4. The van der Waals surface area contributed by atoms with Gasteiger partial charge in [0.05, 0.1) is 37.6 Å². The van der Waals surface area contributed by atoms with Gasteiger partial charge in [-0.05, 0) is 307 Å². The Bertz CT molecular complexity index is 5810. The largest absolute Gasteiger partial charge is 1.00 e. The summed E-state index contributed by atoms with van der Waals surface area (Å²) in [6.45, 7) is 43.8. The molecule has 0 aliphatic heterocycles. The number of rotatable bonds is 10. The number of fused-ring (bicyclic) bond motifs is 4. The summed E-state index contributed by atoms with van der Waals surface area (Å²) in [5.41, 5.74) is 16.1. The summed E-state index contributed by atoms with van der Waals surface area (Å²) in [5, 5.41) is 43.6. The van der Waals surface area contributed by atoms with Crippen LogP contribution < -0.4 is 43.2 Å². The molecule has 0 unspecified atom stereocenters. The Morgan fingerprint density at radius 2 is 0.992 bits per heavy atom. The zero-order chi connectivity index (χ0) is 101. The second-order valence-electron chi connectivity index (χ2n) is 28.2. The number of hydrogen-bond donors (Lipinski definition) is 4. The van der Waals surface area contributed by atoms with Gasteiger partial charge in [0.15, 0.2) is 45.8 Å². The molecule has 5 N–H and O–H groups in total. The number of pyridine rings is 9. The summed E-state index contributed by atoms with van der Waals surface area (Å²) in [6, 6.07) is 24.4. The van der Waals surface area contributed by atoms with Crippen LogP contribution in [-0.2, 0) is 38.1 Å². The van der Waals surface area contributed by atoms with Crippen molar-refractivity contribution in [2.75, 3.05) is 33.2 Å². The zero-order valence-corrected chi connectivity index (χ0v) is 94.2. The van der Waals surface area contributed by atoms with E-state index in [0.717, 1.165) is 121 Å². The zero-order valence-electron chi connectivity index (χ0n) is 77.7. The SMILES string of the molecule is C=C(C)B(O)O.C=C(C)c1cnc2cc(C)oc2c1.CC(C)c1cc2oc([Si](C)(C)C)cc2[n+]([O-])c1.CCC.CI.COc1cc(C)cnc1I.COc1cc(OC=O)cnc1I.Cc1cc(C(=O)N(C)C)cnc1I.Cc1cc2ncc(Br)cc2o1.Cc1cc2ncc(C(C)C)cc2o1.Cc1cnc(I)c(O)c1.Cc1cncc(O)c1.O=C=O.O=C=O.O=C=O.O=P(Cl)(Cl)Cl.[Li+].[OH-]. The molecule has 716 valence electrons. The number of aryl methyl sites for hydroxylation is 7. The molecule has 32 nitrogen and oxygen atoms in total. The van der Waals surface area contributed by atoms with Gasteiger partial charge in [0.25, 0.3) is 17.9 Å². The molecule has 133 heavy (non-hydrogen) atoms. The molecule has 13 heterocycles. The first-order valence-electron chi connectivity index (χ1n) is 38.0. The minimum absolute atomic E-state index is 0. The van der Waals surface area contributed by atoms with Crippen molar-refractivity contribution in [1.82, 2.24) is 44.8 Å². The molecule has 0 atom stereocenters. The molecule has 0 spiro atoms. The second-order valence-corrected chi connectivity index (χ2v) is 44.8. The number of methoxy groups -OCH3 is 2. The van der Waals surface area contributed by atoms with Gasteiger partial charge in [0.1, 0.15) is 68.2 Å². The van der Waals surface area contributed by atoms with Crippen LogP contribution in [0.25, 0.3) is 50.0 Å². The van der Waals surface area contributed by atoms with E-state index in [1.165, 1.54) is 31.5 Å². The maximum absolute atomic E-state index is 11.9. The van der Waals surface area contributed by atoms with Crippen LogP contribution in [0.1, 0.15) is 140 Å². The summed E-state index contributed by atoms with van der Waals surface area (Å²) in [7, 11) is 3.80. The van der Waals surface area contributed by atoms with Crippen LogP contribution in [0.15, 0.2) is 182 Å². The van der Waals surface area contributed by atoms with Gasteiger partial charge in [-0.15, -0.1) is 6.58 Å². The summed E-state index contributed by atoms with van der Waals surface area (Å²) in [6.07, 6.45) is 18.9. The molecule has 0 radical (unpaired) electrons. The average molecular weight is 2550 g/mol. The maximum Gasteiger partial charge on any atom is 1.00 e. The fourth-order valence-corrected chi connectivity index (χ4v) is 11.7. The Balaban J connectivity index is -0.000000449. The molecular weight excluding hydrogens is 2450 g/mol. The van der Waals surface area contributed by atoms with Crippen molar-refractivity contribution in [3.8, 4) is 28.7 Å². The van der Waals surface area contributed by atoms with Crippen molar-refractivity contribution >= 4 is 269 Å². The van der Waals surface area contributed by atoms with Crippen molar-refractivity contribution < 1.29 is 124 Å². The normalized spacial score (nSPS) is 9.50. The van der Waals surface area contributed by atoms with E-state index in [-0.39, 0.29) is 60.2 Å². The van der Waals surface area contributed by atoms with Gasteiger partial charge in [0.2, 0.25) is 0 Å². The number of allylic oxidation sites excluding steroid dienone is 2. The standard InChI is InChI=1S/C13H19NO2Si.C11H13NO.C11H11NO.C9H11IN2O.C8H6BrNO.C7H6INO3.C7H8INO.C6H6INO.C6H7NO.C3H7BO2.C3H8.CH3I.3CO2.Cl3OP.Li.H2O/c1-9(2)10-6-12-11(14(15)8-10)7-13(16-12)17(3,4)5;2*1-7(2)9-5-11-10(12-6-9)4-8(3)13-11;1-6-4-7(5-11-8(6)10)9(13)12(2)3;1-5-2-7-8(11-5)3-6(9)4-10-7;1-11-6-2-5(12-4-10)3-9-7(6)8;1-5-3-6(10-2)7(8)9-4-5;1-4-2-5(9)6(7)8-3-4;1-5-2-6(8)4-7-3-5;1-3(2)4(5)6;1-3-2;1-2;3*2-1-3;1-5(2,3)4;;/h6-9H,1-5H3;4-7H,1-3H3;4-6H,1H2,2-3H3;4-5H,1-3H3;2-4H,1H3;2-4H,1H3;3-4H,1-2H3;2-3,9H,1H3;2-4,8H,1H3;5-6H,1H2,2H3;3H2,1-2H3;1H3;;;;;;1H2/q;;;;;;;;;;;;;;;;+1;/p-1. The molecule has 13 aromatic heterocycles. The first-order valence-corrected chi connectivity index (χ1v) is 53.2. The number of nitrogens with zero attached hydrogens (tertiary/aromatic N) is 10. The third-order valence-electron chi connectivity index (χ3n) is 14.8. The number of aromatic hydroxyl groups is 2. The van der Waals surface area contributed by atoms with Crippen molar-refractivity contribution in [3.63, 3.8) is 0 Å². The van der Waals surface area contributed by atoms with E-state index in [1.54, 1.807) is 82.2 Å². The smallest absolute Gasteiger partial charge is 0.870 e. The Morgan fingerprint density at radius 1 is 0.594 bits per heavy atom. The van der Waals surface area contributed by atoms with Gasteiger partial charge in [-0.3, -0.25) is 34.1 Å². The van der Waals surface area contributed by atoms with Gasteiger partial charge >= 0.3 is 49.6 Å². The number of amides is 1. The number of carbonyl (C=O) groups excluding carboxylic acids is 8. The minimum Gasteiger partial charge on any atom is -0.870 e. The minimum atomic E-state index is -3.22. The Kier molecular flexibility index (Phi) is 72.7. The van der Waals surface area contributed by atoms with Crippen LogP contribution in [0.3, 0.4) is 0 Å². The molecule has 0 saturated heterocycles. The molecule has 0 saturated carbocycles. The van der Waals surface area contributed by atoms with E-state index in [0.29, 0.717) is 55.6 Å². The van der Waals surface area contributed by atoms with Crippen LogP contribution in [0.2, 0.25) is 19.6 Å². The van der Waals surface area contributed by atoms with Crippen molar-refractivity contribution in [2.24, 2.45) is 0 Å². The van der Waals surface area contributed by atoms with Crippen LogP contribution in [-0.4, -0.2) is 150 Å². The van der Waals surface area contributed by atoms with Gasteiger partial charge in [-0.2, -0.15) is 33.5 Å². The van der Waals surface area contributed by atoms with E-state index in [9.17, 15) is 19.4 Å². The molecular formula is C88H106BBrCl3I5LiN10O22PSi. The number of furan rings is 4. The molecule has 0 bridgehead atoms. The molecule has 13 rings (SSSR count). The van der Waals surface area contributed by atoms with E-state index >= 15 is 0 Å². The van der Waals surface area contributed by atoms with Gasteiger partial charge in [-0.1, -0.05) is 102 Å².